The van der Waals surface area contributed by atoms with E-state index in [9.17, 15) is 4.79 Å². The van der Waals surface area contributed by atoms with Crippen LogP contribution >= 0.6 is 0 Å². The van der Waals surface area contributed by atoms with Gasteiger partial charge >= 0.3 is 6.03 Å². The van der Waals surface area contributed by atoms with E-state index in [0.717, 1.165) is 16.8 Å². The molecule has 0 bridgehead atoms. The van der Waals surface area contributed by atoms with E-state index in [0.29, 0.717) is 26.3 Å². The average Bonchev–Trinajstić information content (AvgIpc) is 2.49. The van der Waals surface area contributed by atoms with E-state index in [1.165, 1.54) is 0 Å². The van der Waals surface area contributed by atoms with E-state index in [1.807, 2.05) is 25.1 Å². The smallest absolute Gasteiger partial charge is 0.322 e. The number of hydrogen-bond donors (Lipinski definition) is 2. The lowest BCUT2D eigenvalue weighted by atomic mass is 10.1. The average molecular weight is 274 g/mol. The summed E-state index contributed by atoms with van der Waals surface area (Å²) in [6, 6.07) is 5.46. The van der Waals surface area contributed by atoms with Crippen molar-refractivity contribution in [2.75, 3.05) is 38.2 Å². The summed E-state index contributed by atoms with van der Waals surface area (Å²) in [4.78, 5) is 13.9. The summed E-state index contributed by atoms with van der Waals surface area (Å²) in [6.07, 6.45) is 0. The Morgan fingerprint density at radius 2 is 2.20 bits per heavy atom. The third-order valence-electron chi connectivity index (χ3n) is 3.09. The lowest BCUT2D eigenvalue weighted by Crippen LogP contribution is -2.43. The second kappa shape index (κ2) is 6.94. The molecule has 0 spiro atoms. The van der Waals surface area contributed by atoms with Crippen LogP contribution in [0.5, 0.6) is 0 Å². The number of nitrogens with zero attached hydrogens (tertiary/aromatic N) is 1. The minimum atomic E-state index is -0.177. The van der Waals surface area contributed by atoms with Gasteiger partial charge in [-0.2, -0.15) is 0 Å². The van der Waals surface area contributed by atoms with Crippen LogP contribution in [-0.4, -0.2) is 48.9 Å². The van der Waals surface area contributed by atoms with Gasteiger partial charge in [-0.15, -0.1) is 0 Å². The van der Waals surface area contributed by atoms with Crippen molar-refractivity contribution in [2.24, 2.45) is 0 Å². The third kappa shape index (κ3) is 3.73. The van der Waals surface area contributed by atoms with Gasteiger partial charge in [-0.3, -0.25) is 0 Å². The fourth-order valence-corrected chi connectivity index (χ4v) is 1.94. The molecule has 1 aliphatic rings. The Bertz CT molecular complexity index is 540. The summed E-state index contributed by atoms with van der Waals surface area (Å²) >= 11 is 0. The molecule has 0 aliphatic carbocycles. The molecule has 1 heterocycles. The van der Waals surface area contributed by atoms with E-state index < -0.39 is 0 Å². The molecule has 5 nitrogen and oxygen atoms in total. The van der Waals surface area contributed by atoms with Crippen molar-refractivity contribution < 1.29 is 14.6 Å². The van der Waals surface area contributed by atoms with Crippen molar-refractivity contribution >= 4 is 11.7 Å². The van der Waals surface area contributed by atoms with Crippen LogP contribution in [-0.2, 0) is 4.74 Å². The van der Waals surface area contributed by atoms with E-state index >= 15 is 0 Å². The topological polar surface area (TPSA) is 61.8 Å². The second-order valence-electron chi connectivity index (χ2n) is 4.52. The first kappa shape index (κ1) is 14.4. The van der Waals surface area contributed by atoms with Gasteiger partial charge in [0.15, 0.2) is 0 Å². The maximum absolute atomic E-state index is 12.1. The number of rotatable bonds is 1. The number of anilines is 1. The van der Waals surface area contributed by atoms with Crippen molar-refractivity contribution in [1.82, 2.24) is 4.90 Å². The summed E-state index contributed by atoms with van der Waals surface area (Å²) in [5, 5.41) is 11.6. The number of amides is 2. The highest BCUT2D eigenvalue weighted by Crippen LogP contribution is 2.17. The molecular formula is C15H18N2O3. The summed E-state index contributed by atoms with van der Waals surface area (Å²) in [7, 11) is 0. The zero-order valence-corrected chi connectivity index (χ0v) is 11.5. The Kier molecular flexibility index (Phi) is 4.99. The van der Waals surface area contributed by atoms with Gasteiger partial charge in [-0.1, -0.05) is 17.9 Å². The van der Waals surface area contributed by atoms with Crippen molar-refractivity contribution in [2.45, 2.75) is 6.92 Å². The van der Waals surface area contributed by atoms with Crippen molar-refractivity contribution in [1.29, 1.82) is 0 Å². The van der Waals surface area contributed by atoms with Gasteiger partial charge in [-0.25, -0.2) is 4.79 Å². The molecule has 1 fully saturated rings. The van der Waals surface area contributed by atoms with Crippen LogP contribution in [0.1, 0.15) is 11.1 Å². The highest BCUT2D eigenvalue weighted by Gasteiger charge is 2.17. The zero-order valence-electron chi connectivity index (χ0n) is 11.5. The fourth-order valence-electron chi connectivity index (χ4n) is 1.94. The number of urea groups is 1. The summed E-state index contributed by atoms with van der Waals surface area (Å²) in [6.45, 7) is 4.12. The van der Waals surface area contributed by atoms with Crippen LogP contribution < -0.4 is 5.32 Å². The quantitative estimate of drug-likeness (QED) is 0.757. The molecule has 0 saturated carbocycles. The molecule has 1 saturated heterocycles. The number of aliphatic hydroxyl groups excluding tert-OH is 1. The van der Waals surface area contributed by atoms with Crippen molar-refractivity contribution in [3.05, 3.63) is 29.3 Å². The molecule has 2 rings (SSSR count). The predicted molar refractivity (Wildman–Crippen MR) is 76.6 cm³/mol. The fraction of sp³-hybridized carbons (Fsp3) is 0.400. The molecule has 0 atom stereocenters. The lowest BCUT2D eigenvalue weighted by Gasteiger charge is -2.27. The number of hydrogen-bond acceptors (Lipinski definition) is 3. The van der Waals surface area contributed by atoms with Gasteiger partial charge in [0.05, 0.1) is 13.2 Å². The summed E-state index contributed by atoms with van der Waals surface area (Å²) in [5.41, 5.74) is 2.48. The Morgan fingerprint density at radius 1 is 1.45 bits per heavy atom. The van der Waals surface area contributed by atoms with Gasteiger partial charge in [0.25, 0.3) is 0 Å². The molecule has 5 heteroatoms. The first-order valence-corrected chi connectivity index (χ1v) is 6.55. The summed E-state index contributed by atoms with van der Waals surface area (Å²) < 4.78 is 5.22. The molecule has 1 aliphatic heterocycles. The van der Waals surface area contributed by atoms with E-state index in [1.54, 1.807) is 4.90 Å². The Hall–Kier alpha value is -2.03. The summed E-state index contributed by atoms with van der Waals surface area (Å²) in [5.74, 6) is 5.42. The molecule has 1 aromatic rings. The van der Waals surface area contributed by atoms with Crippen molar-refractivity contribution in [3.8, 4) is 11.8 Å². The van der Waals surface area contributed by atoms with E-state index in [-0.39, 0.29) is 12.6 Å². The largest absolute Gasteiger partial charge is 0.384 e. The maximum atomic E-state index is 12.1. The van der Waals surface area contributed by atoms with Gasteiger partial charge < -0.3 is 20.1 Å². The van der Waals surface area contributed by atoms with Crippen LogP contribution in [0.15, 0.2) is 18.2 Å². The van der Waals surface area contributed by atoms with Crippen LogP contribution in [0.25, 0.3) is 0 Å². The molecule has 2 amide bonds. The SMILES string of the molecule is Cc1ccc(C#CCO)cc1NC(=O)N1CCOCC1. The van der Waals surface area contributed by atoms with Gasteiger partial charge in [-0.05, 0) is 24.6 Å². The number of nitrogens with one attached hydrogen (secondary N) is 1. The van der Waals surface area contributed by atoms with E-state index in [4.69, 9.17) is 9.84 Å². The molecule has 106 valence electrons. The minimum absolute atomic E-state index is 0.122. The highest BCUT2D eigenvalue weighted by molar-refractivity contribution is 5.90. The standard InChI is InChI=1S/C15H18N2O3/c1-12-4-5-13(3-2-8-18)11-14(12)16-15(19)17-6-9-20-10-7-17/h4-5,11,18H,6-10H2,1H3,(H,16,19). The monoisotopic (exact) mass is 274 g/mol. The van der Waals surface area contributed by atoms with Crippen LogP contribution in [0.4, 0.5) is 10.5 Å². The van der Waals surface area contributed by atoms with Crippen LogP contribution in [0.2, 0.25) is 0 Å². The lowest BCUT2D eigenvalue weighted by molar-refractivity contribution is 0.0564. The van der Waals surface area contributed by atoms with E-state index in [2.05, 4.69) is 17.2 Å². The molecule has 20 heavy (non-hydrogen) atoms. The maximum Gasteiger partial charge on any atom is 0.322 e. The number of aliphatic hydroxyl groups is 1. The Balaban J connectivity index is 2.09. The number of carbonyl (C=O) groups excluding carboxylic acids is 1. The molecule has 0 aromatic heterocycles. The van der Waals surface area contributed by atoms with Gasteiger partial charge in [0.2, 0.25) is 0 Å². The molecule has 2 N–H and O–H groups in total. The minimum Gasteiger partial charge on any atom is -0.384 e. The highest BCUT2D eigenvalue weighted by atomic mass is 16.5. The molecular weight excluding hydrogens is 256 g/mol. The third-order valence-corrected chi connectivity index (χ3v) is 3.09. The number of carbonyl (C=O) groups is 1. The molecule has 0 radical (unpaired) electrons. The van der Waals surface area contributed by atoms with Crippen molar-refractivity contribution in [3.63, 3.8) is 0 Å². The first-order chi connectivity index (χ1) is 9.70. The Morgan fingerprint density at radius 3 is 2.90 bits per heavy atom. The predicted octanol–water partition coefficient (Wildman–Crippen LogP) is 1.20. The van der Waals surface area contributed by atoms with Crippen LogP contribution in [0.3, 0.4) is 0 Å². The second-order valence-corrected chi connectivity index (χ2v) is 4.52. The molecule has 1 aromatic carbocycles. The van der Waals surface area contributed by atoms with Crippen LogP contribution in [0, 0.1) is 18.8 Å². The number of benzene rings is 1. The first-order valence-electron chi connectivity index (χ1n) is 6.55. The Labute approximate surface area is 118 Å². The van der Waals surface area contributed by atoms with Gasteiger partial charge in [0.1, 0.15) is 6.61 Å². The number of morpholine rings is 1. The normalized spacial score (nSPS) is 14.4. The van der Waals surface area contributed by atoms with Gasteiger partial charge in [0, 0.05) is 24.3 Å². The number of aryl methyl sites for hydroxylation is 1. The molecule has 0 unspecified atom stereocenters. The number of ether oxygens (including phenoxy) is 1. The zero-order chi connectivity index (χ0) is 14.4.